The Bertz CT molecular complexity index is 614. The molecule has 1 atom stereocenters. The molecule has 1 aromatic rings. The second-order valence-corrected chi connectivity index (χ2v) is 10.5. The van der Waals surface area contributed by atoms with E-state index in [2.05, 4.69) is 44.2 Å². The number of unbranched alkanes of at least 4 members (excludes halogenated alkanes) is 3. The molecule has 30 heavy (non-hydrogen) atoms. The maximum Gasteiger partial charge on any atom is -0.0125 e. The lowest BCUT2D eigenvalue weighted by Gasteiger charge is -2.39. The van der Waals surface area contributed by atoms with Crippen molar-refractivity contribution in [2.45, 2.75) is 135 Å². The van der Waals surface area contributed by atoms with E-state index < -0.39 is 0 Å². The monoisotopic (exact) mass is 408 g/mol. The fraction of sp³-hybridized carbons (Fsp3) is 0.733. The number of allylic oxidation sites excluding steroid dienone is 2. The highest BCUT2D eigenvalue weighted by Gasteiger charge is 2.32. The molecule has 0 bridgehead atoms. The van der Waals surface area contributed by atoms with Crippen LogP contribution in [0.4, 0.5) is 0 Å². The Kier molecular flexibility index (Phi) is 10.0. The molecular weight excluding hydrogens is 360 g/mol. The molecule has 1 unspecified atom stereocenters. The van der Waals surface area contributed by atoms with Gasteiger partial charge in [0.05, 0.1) is 0 Å². The smallest absolute Gasteiger partial charge is 0.0125 e. The van der Waals surface area contributed by atoms with E-state index in [4.69, 9.17) is 0 Å². The van der Waals surface area contributed by atoms with Crippen LogP contribution in [0.2, 0.25) is 0 Å². The van der Waals surface area contributed by atoms with E-state index in [0.717, 1.165) is 12.3 Å². The molecule has 0 amide bonds. The van der Waals surface area contributed by atoms with Crippen LogP contribution in [-0.2, 0) is 6.42 Å². The Morgan fingerprint density at radius 2 is 1.63 bits per heavy atom. The molecule has 0 saturated heterocycles. The van der Waals surface area contributed by atoms with Crippen molar-refractivity contribution in [2.24, 2.45) is 5.41 Å². The van der Waals surface area contributed by atoms with Crippen molar-refractivity contribution in [1.29, 1.82) is 0 Å². The van der Waals surface area contributed by atoms with Gasteiger partial charge >= 0.3 is 0 Å². The van der Waals surface area contributed by atoms with Gasteiger partial charge in [-0.2, -0.15) is 0 Å². The van der Waals surface area contributed by atoms with Crippen LogP contribution >= 0.6 is 0 Å². The highest BCUT2D eigenvalue weighted by atomic mass is 14.4. The topological polar surface area (TPSA) is 0 Å². The normalized spacial score (nSPS) is 20.0. The highest BCUT2D eigenvalue weighted by Crippen LogP contribution is 2.46. The summed E-state index contributed by atoms with van der Waals surface area (Å²) in [5, 5.41) is 0. The van der Waals surface area contributed by atoms with Crippen molar-refractivity contribution in [2.75, 3.05) is 0 Å². The lowest BCUT2D eigenvalue weighted by molar-refractivity contribution is 0.144. The fourth-order valence-corrected chi connectivity index (χ4v) is 6.15. The van der Waals surface area contributed by atoms with Crippen molar-refractivity contribution in [3.05, 3.63) is 47.0 Å². The first kappa shape index (κ1) is 23.6. The maximum atomic E-state index is 2.58. The van der Waals surface area contributed by atoms with Gasteiger partial charge in [-0.1, -0.05) is 94.7 Å². The van der Waals surface area contributed by atoms with Crippen molar-refractivity contribution < 1.29 is 0 Å². The van der Waals surface area contributed by atoms with Gasteiger partial charge in [0, 0.05) is 0 Å². The summed E-state index contributed by atoms with van der Waals surface area (Å²) >= 11 is 0. The Hall–Kier alpha value is -1.04. The first-order chi connectivity index (χ1) is 14.7. The lowest BCUT2D eigenvalue weighted by Crippen LogP contribution is -2.25. The predicted molar refractivity (Wildman–Crippen MR) is 133 cm³/mol. The van der Waals surface area contributed by atoms with Crippen LogP contribution in [0, 0.1) is 5.41 Å². The van der Waals surface area contributed by atoms with Crippen LogP contribution in [0.3, 0.4) is 0 Å². The fourth-order valence-electron chi connectivity index (χ4n) is 6.15. The first-order valence-electron chi connectivity index (χ1n) is 13.5. The minimum absolute atomic E-state index is 0.661. The van der Waals surface area contributed by atoms with Gasteiger partial charge in [0.2, 0.25) is 0 Å². The molecule has 3 rings (SSSR count). The van der Waals surface area contributed by atoms with E-state index in [9.17, 15) is 0 Å². The number of aryl methyl sites for hydroxylation is 1. The standard InChI is InChI=1S/C30H48/c1-3-5-6-11-21-30(22-12-8-13-23-30)24-20-29(25-27-14-9-7-10-15-27)28-18-16-26(4-2)17-19-28/h14,16-19,29H,3-13,15,20-25H2,1-2H3. The second kappa shape index (κ2) is 12.7. The lowest BCUT2D eigenvalue weighted by atomic mass is 9.66. The summed E-state index contributed by atoms with van der Waals surface area (Å²) in [4.78, 5) is 0. The average Bonchev–Trinajstić information content (AvgIpc) is 2.81. The third kappa shape index (κ3) is 7.28. The van der Waals surface area contributed by atoms with Gasteiger partial charge in [0.1, 0.15) is 0 Å². The first-order valence-corrected chi connectivity index (χ1v) is 13.5. The van der Waals surface area contributed by atoms with E-state index in [0.29, 0.717) is 5.41 Å². The van der Waals surface area contributed by atoms with Crippen molar-refractivity contribution in [3.8, 4) is 0 Å². The molecule has 1 aromatic carbocycles. The summed E-state index contributed by atoms with van der Waals surface area (Å²) in [6.45, 7) is 4.61. The molecule has 0 nitrogen and oxygen atoms in total. The quantitative estimate of drug-likeness (QED) is 0.238. The third-order valence-electron chi connectivity index (χ3n) is 8.25. The van der Waals surface area contributed by atoms with Crippen LogP contribution < -0.4 is 0 Å². The zero-order valence-corrected chi connectivity index (χ0v) is 20.2. The average molecular weight is 409 g/mol. The number of hydrogen-bond acceptors (Lipinski definition) is 0. The van der Waals surface area contributed by atoms with Crippen molar-refractivity contribution in [1.82, 2.24) is 0 Å². The second-order valence-electron chi connectivity index (χ2n) is 10.5. The summed E-state index contributed by atoms with van der Waals surface area (Å²) in [6.07, 6.45) is 28.0. The molecule has 0 heterocycles. The maximum absolute atomic E-state index is 2.58. The summed E-state index contributed by atoms with van der Waals surface area (Å²) in [7, 11) is 0. The van der Waals surface area contributed by atoms with E-state index in [1.54, 1.807) is 11.1 Å². The van der Waals surface area contributed by atoms with Gasteiger partial charge in [-0.25, -0.2) is 0 Å². The Labute approximate surface area is 187 Å². The molecule has 168 valence electrons. The third-order valence-corrected chi connectivity index (χ3v) is 8.25. The Morgan fingerprint density at radius 1 is 0.833 bits per heavy atom. The Morgan fingerprint density at radius 3 is 2.30 bits per heavy atom. The van der Waals surface area contributed by atoms with E-state index in [-0.39, 0.29) is 0 Å². The minimum Gasteiger partial charge on any atom is -0.0853 e. The zero-order valence-electron chi connectivity index (χ0n) is 20.2. The highest BCUT2D eigenvalue weighted by molar-refractivity contribution is 5.27. The SMILES string of the molecule is CCCCCCC1(CCC(CC2=CCCCC2)c2ccc(CC)cc2)CCCCC1. The molecular formula is C30H48. The van der Waals surface area contributed by atoms with E-state index in [1.165, 1.54) is 115 Å². The van der Waals surface area contributed by atoms with E-state index >= 15 is 0 Å². The summed E-state index contributed by atoms with van der Waals surface area (Å²) in [5.41, 5.74) is 5.50. The predicted octanol–water partition coefficient (Wildman–Crippen LogP) is 9.92. The summed E-state index contributed by atoms with van der Waals surface area (Å²) < 4.78 is 0. The number of rotatable bonds is 12. The number of hydrogen-bond donors (Lipinski definition) is 0. The molecule has 0 aliphatic heterocycles. The number of benzene rings is 1. The summed E-state index contributed by atoms with van der Waals surface area (Å²) in [6, 6.07) is 9.70. The van der Waals surface area contributed by atoms with Crippen LogP contribution in [0.25, 0.3) is 0 Å². The van der Waals surface area contributed by atoms with Crippen LogP contribution in [0.15, 0.2) is 35.9 Å². The summed E-state index contributed by atoms with van der Waals surface area (Å²) in [5.74, 6) is 0.731. The molecule has 1 saturated carbocycles. The van der Waals surface area contributed by atoms with Gasteiger partial charge < -0.3 is 0 Å². The molecule has 0 N–H and O–H groups in total. The van der Waals surface area contributed by atoms with Crippen molar-refractivity contribution >= 4 is 0 Å². The minimum atomic E-state index is 0.661. The molecule has 0 heteroatoms. The molecule has 0 aromatic heterocycles. The van der Waals surface area contributed by atoms with Crippen LogP contribution in [0.5, 0.6) is 0 Å². The molecule has 2 aliphatic rings. The van der Waals surface area contributed by atoms with Gasteiger partial charge in [0.15, 0.2) is 0 Å². The van der Waals surface area contributed by atoms with Gasteiger partial charge in [-0.15, -0.1) is 0 Å². The van der Waals surface area contributed by atoms with Crippen molar-refractivity contribution in [3.63, 3.8) is 0 Å². The van der Waals surface area contributed by atoms with Gasteiger partial charge in [-0.05, 0) is 93.1 Å². The van der Waals surface area contributed by atoms with Crippen LogP contribution in [0.1, 0.15) is 140 Å². The molecule has 2 aliphatic carbocycles. The molecule has 0 radical (unpaired) electrons. The van der Waals surface area contributed by atoms with Gasteiger partial charge in [-0.3, -0.25) is 0 Å². The zero-order chi connectivity index (χ0) is 21.1. The molecule has 1 fully saturated rings. The Balaban J connectivity index is 1.68. The van der Waals surface area contributed by atoms with Gasteiger partial charge in [0.25, 0.3) is 0 Å². The van der Waals surface area contributed by atoms with E-state index in [1.807, 2.05) is 0 Å². The van der Waals surface area contributed by atoms with Crippen LogP contribution in [-0.4, -0.2) is 0 Å². The molecule has 0 spiro atoms. The largest absolute Gasteiger partial charge is 0.0853 e.